The molecule has 0 amide bonds. The van der Waals surface area contributed by atoms with Gasteiger partial charge in [0.2, 0.25) is 0 Å². The molecule has 0 radical (unpaired) electrons. The third kappa shape index (κ3) is 2.88. The molecule has 1 rings (SSSR count). The Balaban J connectivity index is 0.000000810. The largest absolute Gasteiger partial charge is 1.00 e. The predicted molar refractivity (Wildman–Crippen MR) is 38.6 cm³/mol. The molecular formula is C7H7NaOS. The first-order valence-corrected chi connectivity index (χ1v) is 3.05. The maximum Gasteiger partial charge on any atom is 1.00 e. The quantitative estimate of drug-likeness (QED) is 0.371. The van der Waals surface area contributed by atoms with Gasteiger partial charge in [-0.2, -0.15) is 4.90 Å². The summed E-state index contributed by atoms with van der Waals surface area (Å²) in [4.78, 5) is 0.843. The fourth-order valence-corrected chi connectivity index (χ4v) is 0.712. The minimum absolute atomic E-state index is 0. The van der Waals surface area contributed by atoms with Crippen molar-refractivity contribution in [3.63, 3.8) is 0 Å². The van der Waals surface area contributed by atoms with Crippen LogP contribution < -0.4 is 34.3 Å². The molecule has 1 aromatic carbocycles. The van der Waals surface area contributed by atoms with Crippen molar-refractivity contribution in [1.29, 1.82) is 0 Å². The maximum atomic E-state index is 4.92. The molecule has 0 aliphatic carbocycles. The van der Waals surface area contributed by atoms with Crippen LogP contribution in [0.4, 0.5) is 0 Å². The Hall–Kier alpha value is 0.240. The zero-order chi connectivity index (χ0) is 6.69. The Bertz CT molecular complexity index is 185. The summed E-state index contributed by atoms with van der Waals surface area (Å²) in [7, 11) is 1.64. The molecule has 0 saturated heterocycles. The van der Waals surface area contributed by atoms with E-state index in [0.29, 0.717) is 0 Å². The molecule has 0 aliphatic heterocycles. The summed E-state index contributed by atoms with van der Waals surface area (Å²) < 4.78 is 4.92. The molecule has 48 valence electrons. The molecule has 3 heteroatoms. The minimum Gasteiger partial charge on any atom is -0.780 e. The number of hydrogen-bond acceptors (Lipinski definition) is 2. The maximum absolute atomic E-state index is 4.92. The molecule has 0 heterocycles. The van der Waals surface area contributed by atoms with E-state index in [0.717, 1.165) is 10.6 Å². The number of methoxy groups -OCH3 is 1. The average Bonchev–Trinajstić information content (AvgIpc) is 1.90. The second-order valence-corrected chi connectivity index (χ2v) is 2.15. The first-order chi connectivity index (χ1) is 4.33. The zero-order valence-corrected chi connectivity index (χ0v) is 8.94. The zero-order valence-electron chi connectivity index (χ0n) is 6.13. The molecule has 0 N–H and O–H groups in total. The predicted octanol–water partition coefficient (Wildman–Crippen LogP) is -1.39. The van der Waals surface area contributed by atoms with Gasteiger partial charge in [0.1, 0.15) is 5.75 Å². The SMILES string of the molecule is COc1ccc([S-])cc1.[Na+]. The van der Waals surface area contributed by atoms with E-state index in [2.05, 4.69) is 0 Å². The van der Waals surface area contributed by atoms with Crippen LogP contribution in [0.2, 0.25) is 0 Å². The van der Waals surface area contributed by atoms with Crippen molar-refractivity contribution in [2.45, 2.75) is 4.90 Å². The summed E-state index contributed by atoms with van der Waals surface area (Å²) in [5.41, 5.74) is 0. The summed E-state index contributed by atoms with van der Waals surface area (Å²) in [5, 5.41) is 0. The van der Waals surface area contributed by atoms with E-state index in [1.54, 1.807) is 7.11 Å². The number of rotatable bonds is 1. The van der Waals surface area contributed by atoms with Crippen LogP contribution in [-0.4, -0.2) is 7.11 Å². The van der Waals surface area contributed by atoms with Gasteiger partial charge in [0.25, 0.3) is 0 Å². The molecule has 0 unspecified atom stereocenters. The molecule has 0 atom stereocenters. The Labute approximate surface area is 88.5 Å². The van der Waals surface area contributed by atoms with Crippen LogP contribution in [0.5, 0.6) is 5.75 Å². The third-order valence-corrected chi connectivity index (χ3v) is 1.33. The molecule has 1 nitrogen and oxygen atoms in total. The van der Waals surface area contributed by atoms with Gasteiger partial charge >= 0.3 is 29.6 Å². The molecular weight excluding hydrogens is 155 g/mol. The van der Waals surface area contributed by atoms with Crippen molar-refractivity contribution in [1.82, 2.24) is 0 Å². The van der Waals surface area contributed by atoms with Crippen LogP contribution in [-0.2, 0) is 12.6 Å². The van der Waals surface area contributed by atoms with Gasteiger partial charge in [0.05, 0.1) is 7.11 Å². The molecule has 0 aromatic heterocycles. The van der Waals surface area contributed by atoms with Gasteiger partial charge in [-0.25, -0.2) is 0 Å². The van der Waals surface area contributed by atoms with Crippen molar-refractivity contribution >= 4 is 12.6 Å². The van der Waals surface area contributed by atoms with E-state index in [4.69, 9.17) is 17.4 Å². The fourth-order valence-electron chi connectivity index (χ4n) is 0.576. The van der Waals surface area contributed by atoms with Gasteiger partial charge in [-0.3, -0.25) is 0 Å². The van der Waals surface area contributed by atoms with Gasteiger partial charge in [0, 0.05) is 0 Å². The summed E-state index contributed by atoms with van der Waals surface area (Å²) in [6.07, 6.45) is 0. The third-order valence-electron chi connectivity index (χ3n) is 1.06. The van der Waals surface area contributed by atoms with Gasteiger partial charge in [0.15, 0.2) is 0 Å². The van der Waals surface area contributed by atoms with Crippen molar-refractivity contribution in [3.8, 4) is 5.75 Å². The van der Waals surface area contributed by atoms with E-state index in [-0.39, 0.29) is 29.6 Å². The normalized spacial score (nSPS) is 8.10. The number of hydrogen-bond donors (Lipinski definition) is 0. The summed E-state index contributed by atoms with van der Waals surface area (Å²) >= 11 is 4.86. The van der Waals surface area contributed by atoms with Gasteiger partial charge in [-0.1, -0.05) is 12.1 Å². The Morgan fingerprint density at radius 1 is 1.20 bits per heavy atom. The van der Waals surface area contributed by atoms with Crippen LogP contribution in [0.1, 0.15) is 0 Å². The molecule has 0 saturated carbocycles. The van der Waals surface area contributed by atoms with Crippen molar-refractivity contribution in [2.75, 3.05) is 7.11 Å². The Kier molecular flexibility index (Phi) is 5.09. The Morgan fingerprint density at radius 3 is 2.10 bits per heavy atom. The molecule has 0 spiro atoms. The topological polar surface area (TPSA) is 9.23 Å². The molecule has 0 aliphatic rings. The van der Waals surface area contributed by atoms with Gasteiger partial charge in [-0.05, 0) is 12.1 Å². The Morgan fingerprint density at radius 2 is 1.70 bits per heavy atom. The van der Waals surface area contributed by atoms with Gasteiger partial charge in [-0.15, -0.1) is 0 Å². The molecule has 1 aromatic rings. The van der Waals surface area contributed by atoms with Crippen LogP contribution in [0.3, 0.4) is 0 Å². The summed E-state index contributed by atoms with van der Waals surface area (Å²) in [6.45, 7) is 0. The van der Waals surface area contributed by atoms with E-state index in [1.807, 2.05) is 24.3 Å². The number of ether oxygens (including phenoxy) is 1. The fraction of sp³-hybridized carbons (Fsp3) is 0.143. The van der Waals surface area contributed by atoms with E-state index in [1.165, 1.54) is 0 Å². The van der Waals surface area contributed by atoms with Crippen molar-refractivity contribution in [3.05, 3.63) is 24.3 Å². The molecule has 0 fully saturated rings. The van der Waals surface area contributed by atoms with E-state index < -0.39 is 0 Å². The number of benzene rings is 1. The van der Waals surface area contributed by atoms with Crippen LogP contribution in [0.15, 0.2) is 29.2 Å². The van der Waals surface area contributed by atoms with Crippen LogP contribution >= 0.6 is 0 Å². The second-order valence-electron chi connectivity index (χ2n) is 1.68. The van der Waals surface area contributed by atoms with Gasteiger partial charge < -0.3 is 17.4 Å². The van der Waals surface area contributed by atoms with Crippen molar-refractivity contribution in [2.24, 2.45) is 0 Å². The minimum atomic E-state index is 0. The first kappa shape index (κ1) is 10.2. The smallest absolute Gasteiger partial charge is 0.780 e. The first-order valence-electron chi connectivity index (χ1n) is 2.64. The van der Waals surface area contributed by atoms with E-state index >= 15 is 0 Å². The van der Waals surface area contributed by atoms with Crippen LogP contribution in [0, 0.1) is 0 Å². The molecule has 10 heavy (non-hydrogen) atoms. The van der Waals surface area contributed by atoms with Crippen molar-refractivity contribution < 1.29 is 34.3 Å². The van der Waals surface area contributed by atoms with E-state index in [9.17, 15) is 0 Å². The average molecular weight is 162 g/mol. The van der Waals surface area contributed by atoms with Crippen LogP contribution in [0.25, 0.3) is 0 Å². The summed E-state index contributed by atoms with van der Waals surface area (Å²) in [6, 6.07) is 7.38. The monoisotopic (exact) mass is 162 g/mol. The molecule has 0 bridgehead atoms. The summed E-state index contributed by atoms with van der Waals surface area (Å²) in [5.74, 6) is 0.851. The standard InChI is InChI=1S/C7H8OS.Na/c1-8-6-2-4-7(9)5-3-6;/h2-5,9H,1H3;/q;+1/p-1. The second kappa shape index (κ2) is 4.97.